The van der Waals surface area contributed by atoms with Crippen LogP contribution in [0.2, 0.25) is 0 Å². The van der Waals surface area contributed by atoms with E-state index in [-0.39, 0.29) is 6.42 Å². The van der Waals surface area contributed by atoms with Crippen LogP contribution in [-0.4, -0.2) is 18.9 Å². The molecule has 2 N–H and O–H groups in total. The van der Waals surface area contributed by atoms with E-state index >= 15 is 0 Å². The van der Waals surface area contributed by atoms with Crippen LogP contribution < -0.4 is 10.5 Å². The molecule has 0 unspecified atom stereocenters. The van der Waals surface area contributed by atoms with Crippen molar-refractivity contribution in [2.45, 2.75) is 45.4 Å². The molecule has 0 fully saturated rings. The highest BCUT2D eigenvalue weighted by Crippen LogP contribution is 2.04. The Morgan fingerprint density at radius 3 is 2.19 bits per heavy atom. The summed E-state index contributed by atoms with van der Waals surface area (Å²) in [5, 5.41) is 0. The molecule has 0 aliphatic carbocycles. The topological polar surface area (TPSA) is 110 Å². The molecule has 1 amide bonds. The minimum atomic E-state index is -4.84. The fraction of sp³-hybridized carbons (Fsp3) is 0.538. The fourth-order valence-corrected chi connectivity index (χ4v) is 1.57. The Kier molecular flexibility index (Phi) is 11.4. The quantitative estimate of drug-likeness (QED) is 0.337. The van der Waals surface area contributed by atoms with Crippen LogP contribution >= 0.6 is 0 Å². The molecular formula is C13H22N2O5S. The normalized spacial score (nSPS) is 10.4. The predicted octanol–water partition coefficient (Wildman–Crippen LogP) is 1.36. The second kappa shape index (κ2) is 12.2. The summed E-state index contributed by atoms with van der Waals surface area (Å²) in [5.41, 5.74) is 1.57. The average Bonchev–Trinajstić information content (AvgIpc) is 2.47. The van der Waals surface area contributed by atoms with Crippen molar-refractivity contribution < 1.29 is 27.0 Å². The third-order valence-electron chi connectivity index (χ3n) is 2.37. The maximum atomic E-state index is 10.9. The molecule has 0 saturated heterocycles. The van der Waals surface area contributed by atoms with E-state index in [0.717, 1.165) is 25.7 Å². The Bertz CT molecular complexity index is 438. The highest BCUT2D eigenvalue weighted by Gasteiger charge is 2.02. The molecule has 0 atom stereocenters. The number of carbonyl (C=O) groups is 1. The first-order chi connectivity index (χ1) is 9.95. The van der Waals surface area contributed by atoms with Gasteiger partial charge in [-0.1, -0.05) is 38.7 Å². The average molecular weight is 318 g/mol. The first-order valence-corrected chi connectivity index (χ1v) is 8.13. The monoisotopic (exact) mass is 318 g/mol. The molecular weight excluding hydrogens is 296 g/mol. The Hall–Kier alpha value is -1.51. The lowest BCUT2D eigenvalue weighted by atomic mass is 10.1. The number of amides is 1. The van der Waals surface area contributed by atoms with Gasteiger partial charge in [0.1, 0.15) is 0 Å². The van der Waals surface area contributed by atoms with Gasteiger partial charge in [-0.05, 0) is 6.42 Å². The lowest BCUT2D eigenvalue weighted by molar-refractivity contribution is -0.377. The molecule has 0 bridgehead atoms. The van der Waals surface area contributed by atoms with Gasteiger partial charge in [-0.3, -0.25) is 4.79 Å². The maximum Gasteiger partial charge on any atom is 0.244 e. The van der Waals surface area contributed by atoms with Crippen molar-refractivity contribution in [3.63, 3.8) is 0 Å². The third kappa shape index (κ3) is 16.4. The predicted molar refractivity (Wildman–Crippen MR) is 75.3 cm³/mol. The highest BCUT2D eigenvalue weighted by atomic mass is 32.3. The molecule has 1 aromatic rings. The molecule has 120 valence electrons. The summed E-state index contributed by atoms with van der Waals surface area (Å²) >= 11 is 0. The van der Waals surface area contributed by atoms with Crippen LogP contribution in [0.15, 0.2) is 30.6 Å². The molecule has 0 aliphatic heterocycles. The summed E-state index contributed by atoms with van der Waals surface area (Å²) in [4.78, 5) is 13.8. The van der Waals surface area contributed by atoms with Crippen molar-refractivity contribution in [3.8, 4) is 0 Å². The largest absolute Gasteiger partial charge is 0.724 e. The van der Waals surface area contributed by atoms with Crippen LogP contribution in [0.25, 0.3) is 0 Å². The highest BCUT2D eigenvalue weighted by molar-refractivity contribution is 7.80. The zero-order chi connectivity index (χ0) is 16.0. The second-order valence-electron chi connectivity index (χ2n) is 4.26. The molecule has 1 aromatic heterocycles. The number of hydroxylamine groups is 1. The zero-order valence-corrected chi connectivity index (χ0v) is 12.9. The van der Waals surface area contributed by atoms with E-state index in [9.17, 15) is 17.8 Å². The number of aromatic nitrogens is 1. The SMILES string of the molecule is CCCCCCCC(=O)NOS(=O)(=O)[O-].c1cc[nH+]cc1. The molecule has 7 nitrogen and oxygen atoms in total. The Labute approximate surface area is 125 Å². The summed E-state index contributed by atoms with van der Waals surface area (Å²) in [6.45, 7) is 2.08. The van der Waals surface area contributed by atoms with Crippen LogP contribution in [0.4, 0.5) is 0 Å². The van der Waals surface area contributed by atoms with Gasteiger partial charge in [-0.25, -0.2) is 18.9 Å². The van der Waals surface area contributed by atoms with Crippen molar-refractivity contribution in [1.29, 1.82) is 0 Å². The van der Waals surface area contributed by atoms with E-state index in [2.05, 4.69) is 16.2 Å². The molecule has 8 heteroatoms. The van der Waals surface area contributed by atoms with E-state index in [1.165, 1.54) is 0 Å². The van der Waals surface area contributed by atoms with Crippen LogP contribution in [-0.2, 0) is 19.5 Å². The number of carbonyl (C=O) groups excluding carboxylic acids is 1. The minimum Gasteiger partial charge on any atom is -0.724 e. The van der Waals surface area contributed by atoms with Gasteiger partial charge in [0.25, 0.3) is 0 Å². The first kappa shape index (κ1) is 19.5. The number of hydrogen-bond donors (Lipinski definition) is 1. The van der Waals surface area contributed by atoms with Crippen LogP contribution in [0.1, 0.15) is 45.4 Å². The van der Waals surface area contributed by atoms with Gasteiger partial charge in [-0.15, -0.1) is 0 Å². The van der Waals surface area contributed by atoms with Crippen LogP contribution in [0, 0.1) is 0 Å². The molecule has 0 saturated carbocycles. The van der Waals surface area contributed by atoms with E-state index < -0.39 is 16.3 Å². The second-order valence-corrected chi connectivity index (χ2v) is 5.24. The Morgan fingerprint density at radius 2 is 1.76 bits per heavy atom. The van der Waals surface area contributed by atoms with E-state index in [1.807, 2.05) is 30.6 Å². The Balaban J connectivity index is 0.000000547. The van der Waals surface area contributed by atoms with Crippen molar-refractivity contribution in [1.82, 2.24) is 5.48 Å². The van der Waals surface area contributed by atoms with Gasteiger partial charge < -0.3 is 4.55 Å². The van der Waals surface area contributed by atoms with Crippen molar-refractivity contribution in [2.24, 2.45) is 0 Å². The molecule has 0 aliphatic rings. The molecule has 0 aromatic carbocycles. The van der Waals surface area contributed by atoms with E-state index in [0.29, 0.717) is 6.42 Å². The number of nitrogens with one attached hydrogen (secondary N) is 2. The molecule has 21 heavy (non-hydrogen) atoms. The fourth-order valence-electron chi connectivity index (χ4n) is 1.38. The van der Waals surface area contributed by atoms with Gasteiger partial charge in [0.2, 0.25) is 16.3 Å². The number of rotatable bonds is 8. The minimum absolute atomic E-state index is 0.166. The smallest absolute Gasteiger partial charge is 0.244 e. The van der Waals surface area contributed by atoms with Gasteiger partial charge in [0, 0.05) is 18.6 Å². The Morgan fingerprint density at radius 1 is 1.14 bits per heavy atom. The summed E-state index contributed by atoms with van der Waals surface area (Å²) in [6, 6.07) is 5.86. The molecule has 1 heterocycles. The molecule has 0 spiro atoms. The van der Waals surface area contributed by atoms with Crippen molar-refractivity contribution in [2.75, 3.05) is 0 Å². The third-order valence-corrected chi connectivity index (χ3v) is 2.66. The summed E-state index contributed by atoms with van der Waals surface area (Å²) in [7, 11) is -4.84. The van der Waals surface area contributed by atoms with Crippen LogP contribution in [0.5, 0.6) is 0 Å². The van der Waals surface area contributed by atoms with Crippen molar-refractivity contribution >= 4 is 16.3 Å². The number of unbranched alkanes of at least 4 members (excludes halogenated alkanes) is 4. The van der Waals surface area contributed by atoms with Gasteiger partial charge in [-0.2, -0.15) is 4.28 Å². The summed E-state index contributed by atoms with van der Waals surface area (Å²) in [5.74, 6) is -0.592. The lowest BCUT2D eigenvalue weighted by Crippen LogP contribution is -2.26. The van der Waals surface area contributed by atoms with Gasteiger partial charge in [0.15, 0.2) is 12.4 Å². The number of aromatic amines is 1. The number of pyridine rings is 1. The summed E-state index contributed by atoms with van der Waals surface area (Å²) in [6.07, 6.45) is 8.76. The molecule has 1 rings (SSSR count). The standard InChI is InChI=1S/C8H17NO5S.C5H5N/c1-2-3-4-5-6-7-8(10)9-14-15(11,12)13;1-2-4-6-5-3-1/h2-7H2,1H3,(H,9,10)(H,11,12,13);1-5H. The van der Waals surface area contributed by atoms with E-state index in [4.69, 9.17) is 0 Å². The van der Waals surface area contributed by atoms with E-state index in [1.54, 1.807) is 5.48 Å². The lowest BCUT2D eigenvalue weighted by Gasteiger charge is -2.07. The van der Waals surface area contributed by atoms with Crippen LogP contribution in [0.3, 0.4) is 0 Å². The first-order valence-electron chi connectivity index (χ1n) is 6.80. The van der Waals surface area contributed by atoms with Gasteiger partial charge in [0.05, 0.1) is 0 Å². The van der Waals surface area contributed by atoms with Gasteiger partial charge >= 0.3 is 0 Å². The number of hydrogen-bond acceptors (Lipinski definition) is 5. The number of H-pyrrole nitrogens is 1. The summed E-state index contributed by atoms with van der Waals surface area (Å²) < 4.78 is 33.5. The zero-order valence-electron chi connectivity index (χ0n) is 12.1. The molecule has 0 radical (unpaired) electrons. The maximum absolute atomic E-state index is 10.9. The van der Waals surface area contributed by atoms with Crippen molar-refractivity contribution in [3.05, 3.63) is 30.6 Å².